The van der Waals surface area contributed by atoms with E-state index in [2.05, 4.69) is 66.6 Å². The summed E-state index contributed by atoms with van der Waals surface area (Å²) in [5, 5.41) is 0. The topological polar surface area (TPSA) is 91.7 Å². The third-order valence-corrected chi connectivity index (χ3v) is 5.53. The Kier molecular flexibility index (Phi) is 6.08. The van der Waals surface area contributed by atoms with Crippen molar-refractivity contribution in [1.82, 2.24) is 15.8 Å². The van der Waals surface area contributed by atoms with Gasteiger partial charge in [0.1, 0.15) is 0 Å². The molecule has 0 saturated heterocycles. The van der Waals surface area contributed by atoms with Gasteiger partial charge in [-0.3, -0.25) is 16.1 Å². The summed E-state index contributed by atoms with van der Waals surface area (Å²) >= 11 is 0. The third-order valence-electron chi connectivity index (χ3n) is 5.53. The van der Waals surface area contributed by atoms with E-state index in [1.807, 2.05) is 0 Å². The number of fused-ring (bicyclic) bond motifs is 1. The fourth-order valence-electron chi connectivity index (χ4n) is 4.35. The summed E-state index contributed by atoms with van der Waals surface area (Å²) in [5.41, 5.74) is 21.7. The van der Waals surface area contributed by atoms with Gasteiger partial charge in [0.05, 0.1) is 0 Å². The van der Waals surface area contributed by atoms with Crippen molar-refractivity contribution < 1.29 is 0 Å². The predicted molar refractivity (Wildman–Crippen MR) is 112 cm³/mol. The van der Waals surface area contributed by atoms with Crippen molar-refractivity contribution in [3.8, 4) is 0 Å². The first-order valence-electron chi connectivity index (χ1n) is 10.3. The van der Waals surface area contributed by atoms with Crippen molar-refractivity contribution in [3.63, 3.8) is 0 Å². The molecule has 0 amide bonds. The molecule has 2 unspecified atom stereocenters. The first-order chi connectivity index (χ1) is 12.8. The van der Waals surface area contributed by atoms with Crippen molar-refractivity contribution >= 4 is 5.96 Å². The van der Waals surface area contributed by atoms with Crippen LogP contribution in [-0.2, 0) is 18.6 Å². The first kappa shape index (κ1) is 20.1. The molecule has 6 nitrogen and oxygen atoms in total. The van der Waals surface area contributed by atoms with Crippen LogP contribution in [0.3, 0.4) is 0 Å². The molecule has 1 aliphatic heterocycles. The normalized spacial score (nSPS) is 25.5. The standard InChI is InChI=1S/C21H36N6/c1-14(2)12-27(13-15(3)4)19-9-6-16-5-8-18(11-17(16)7-10-19)21(23)24-20(22)25-26-21/h5,8,11,14-15,19,26H,6-7,9-10,12-13,23H2,1-4H3,(H3,22,24,25). The second kappa shape index (κ2) is 8.17. The van der Waals surface area contributed by atoms with Gasteiger partial charge in [0, 0.05) is 24.7 Å². The molecule has 6 N–H and O–H groups in total. The Morgan fingerprint density at radius 3 is 2.30 bits per heavy atom. The largest absolute Gasteiger partial charge is 0.369 e. The van der Waals surface area contributed by atoms with Gasteiger partial charge in [0.15, 0.2) is 0 Å². The molecule has 0 bridgehead atoms. The van der Waals surface area contributed by atoms with Crippen molar-refractivity contribution in [2.24, 2.45) is 28.3 Å². The molecular weight excluding hydrogens is 336 g/mol. The fraction of sp³-hybridized carbons (Fsp3) is 0.667. The number of aryl methyl sites for hydroxylation is 2. The molecule has 150 valence electrons. The summed E-state index contributed by atoms with van der Waals surface area (Å²) in [4.78, 5) is 7.04. The molecule has 1 aromatic carbocycles. The summed E-state index contributed by atoms with van der Waals surface area (Å²) < 4.78 is 0. The molecule has 0 spiro atoms. The van der Waals surface area contributed by atoms with Crippen molar-refractivity contribution in [2.75, 3.05) is 13.1 Å². The number of nitrogens with zero attached hydrogens (tertiary/aromatic N) is 2. The molecule has 1 aromatic rings. The van der Waals surface area contributed by atoms with Crippen LogP contribution in [0.4, 0.5) is 0 Å². The fourth-order valence-corrected chi connectivity index (χ4v) is 4.35. The zero-order valence-electron chi connectivity index (χ0n) is 17.3. The van der Waals surface area contributed by atoms with Gasteiger partial charge in [-0.25, -0.2) is 4.99 Å². The molecular formula is C21H36N6. The summed E-state index contributed by atoms with van der Waals surface area (Å²) in [7, 11) is 0. The lowest BCUT2D eigenvalue weighted by molar-refractivity contribution is 0.143. The SMILES string of the molecule is CC(C)CN(CC(C)C)C1CCc2ccc(C3(N)N=C(N)NN3)cc2CC1. The van der Waals surface area contributed by atoms with Gasteiger partial charge in [-0.2, -0.15) is 5.43 Å². The van der Waals surface area contributed by atoms with Crippen LogP contribution in [0.5, 0.6) is 0 Å². The maximum Gasteiger partial charge on any atom is 0.209 e. The van der Waals surface area contributed by atoms with E-state index in [0.717, 1.165) is 18.4 Å². The molecule has 2 atom stereocenters. The van der Waals surface area contributed by atoms with Crippen molar-refractivity contribution in [2.45, 2.75) is 65.2 Å². The van der Waals surface area contributed by atoms with Gasteiger partial charge in [0.2, 0.25) is 11.7 Å². The number of hydrogen-bond acceptors (Lipinski definition) is 6. The number of guanidine groups is 1. The molecule has 2 aliphatic rings. The van der Waals surface area contributed by atoms with Crippen LogP contribution in [0.1, 0.15) is 57.2 Å². The minimum absolute atomic E-state index is 0.325. The lowest BCUT2D eigenvalue weighted by Gasteiger charge is -2.34. The lowest BCUT2D eigenvalue weighted by atomic mass is 9.97. The van der Waals surface area contributed by atoms with Crippen LogP contribution in [0.2, 0.25) is 0 Å². The van der Waals surface area contributed by atoms with Crippen LogP contribution in [0.15, 0.2) is 23.2 Å². The van der Waals surface area contributed by atoms with E-state index in [1.54, 1.807) is 0 Å². The monoisotopic (exact) mass is 372 g/mol. The minimum Gasteiger partial charge on any atom is -0.369 e. The van der Waals surface area contributed by atoms with E-state index in [9.17, 15) is 0 Å². The van der Waals surface area contributed by atoms with Gasteiger partial charge < -0.3 is 5.73 Å². The molecule has 6 heteroatoms. The van der Waals surface area contributed by atoms with Gasteiger partial charge in [0.25, 0.3) is 0 Å². The van der Waals surface area contributed by atoms with E-state index in [-0.39, 0.29) is 0 Å². The first-order valence-corrected chi connectivity index (χ1v) is 10.3. The Labute approximate surface area is 163 Å². The molecule has 1 aliphatic carbocycles. The summed E-state index contributed by atoms with van der Waals surface area (Å²) in [5.74, 6) is 0.738. The van der Waals surface area contributed by atoms with E-state index in [1.165, 1.54) is 37.1 Å². The average molecular weight is 373 g/mol. The number of rotatable bonds is 6. The Hall–Kier alpha value is -1.63. The Bertz CT molecular complexity index is 673. The number of benzene rings is 1. The van der Waals surface area contributed by atoms with Gasteiger partial charge in [-0.1, -0.05) is 45.9 Å². The number of hydrazine groups is 1. The second-order valence-corrected chi connectivity index (χ2v) is 8.97. The highest BCUT2D eigenvalue weighted by atomic mass is 15.6. The Morgan fingerprint density at radius 1 is 1.11 bits per heavy atom. The van der Waals surface area contributed by atoms with Gasteiger partial charge >= 0.3 is 0 Å². The maximum atomic E-state index is 6.38. The minimum atomic E-state index is -0.980. The zero-order chi connectivity index (χ0) is 19.6. The Morgan fingerprint density at radius 2 is 1.74 bits per heavy atom. The number of nitrogens with one attached hydrogen (secondary N) is 2. The highest BCUT2D eigenvalue weighted by Gasteiger charge is 2.32. The smallest absolute Gasteiger partial charge is 0.209 e. The van der Waals surface area contributed by atoms with Crippen molar-refractivity contribution in [1.29, 1.82) is 0 Å². The second-order valence-electron chi connectivity index (χ2n) is 8.97. The zero-order valence-corrected chi connectivity index (χ0v) is 17.3. The van der Waals surface area contributed by atoms with Crippen LogP contribution in [0, 0.1) is 11.8 Å². The van der Waals surface area contributed by atoms with Gasteiger partial charge in [-0.05, 0) is 48.6 Å². The molecule has 0 aromatic heterocycles. The maximum absolute atomic E-state index is 6.38. The quantitative estimate of drug-likeness (QED) is 0.574. The predicted octanol–water partition coefficient (Wildman–Crippen LogP) is 2.04. The van der Waals surface area contributed by atoms with Crippen LogP contribution in [-0.4, -0.2) is 30.0 Å². The van der Waals surface area contributed by atoms with E-state index in [0.29, 0.717) is 23.8 Å². The number of nitrogens with two attached hydrogens (primary N) is 2. The van der Waals surface area contributed by atoms with Crippen LogP contribution < -0.4 is 22.3 Å². The molecule has 0 radical (unpaired) electrons. The summed E-state index contributed by atoms with van der Waals surface area (Å²) in [6.45, 7) is 11.6. The van der Waals surface area contributed by atoms with E-state index < -0.39 is 5.79 Å². The molecule has 0 saturated carbocycles. The Balaban J connectivity index is 1.75. The van der Waals surface area contributed by atoms with Crippen LogP contribution >= 0.6 is 0 Å². The third kappa shape index (κ3) is 4.81. The highest BCUT2D eigenvalue weighted by Crippen LogP contribution is 2.28. The lowest BCUT2D eigenvalue weighted by Crippen LogP contribution is -2.50. The molecule has 1 heterocycles. The van der Waals surface area contributed by atoms with Crippen molar-refractivity contribution in [3.05, 3.63) is 34.9 Å². The summed E-state index contributed by atoms with van der Waals surface area (Å²) in [6.07, 6.45) is 4.64. The van der Waals surface area contributed by atoms with E-state index >= 15 is 0 Å². The molecule has 0 fully saturated rings. The average Bonchev–Trinajstić information content (AvgIpc) is 2.81. The molecule has 3 rings (SSSR count). The molecule has 27 heavy (non-hydrogen) atoms. The van der Waals surface area contributed by atoms with E-state index in [4.69, 9.17) is 11.5 Å². The number of hydrogen-bond donors (Lipinski definition) is 4. The van der Waals surface area contributed by atoms with Crippen LogP contribution in [0.25, 0.3) is 0 Å². The van der Waals surface area contributed by atoms with Gasteiger partial charge in [-0.15, -0.1) is 0 Å². The highest BCUT2D eigenvalue weighted by molar-refractivity contribution is 5.79. The summed E-state index contributed by atoms with van der Waals surface area (Å²) in [6, 6.07) is 7.17. The number of aliphatic imine (C=N–C) groups is 1.